The number of fused-ring (bicyclic) bond motifs is 2. The van der Waals surface area contributed by atoms with E-state index in [4.69, 9.17) is 37.4 Å². The molecule has 2 bridgehead atoms. The number of halogens is 2. The van der Waals surface area contributed by atoms with Gasteiger partial charge in [-0.1, -0.05) is 23.2 Å². The van der Waals surface area contributed by atoms with Crippen molar-refractivity contribution in [2.45, 2.75) is 55.7 Å². The molecule has 214 valence electrons. The number of amides is 1. The summed E-state index contributed by atoms with van der Waals surface area (Å²) in [5.74, 6) is 1.10. The molecule has 2 aliphatic heterocycles. The van der Waals surface area contributed by atoms with E-state index in [0.29, 0.717) is 49.5 Å². The van der Waals surface area contributed by atoms with Gasteiger partial charge in [0.2, 0.25) is 15.9 Å². The number of hydrogen-bond acceptors (Lipinski definition) is 7. The molecule has 0 aliphatic carbocycles. The van der Waals surface area contributed by atoms with Gasteiger partial charge in [-0.25, -0.2) is 8.42 Å². The molecule has 1 N–H and O–H groups in total. The van der Waals surface area contributed by atoms with Gasteiger partial charge in [-0.15, -0.1) is 0 Å². The Morgan fingerprint density at radius 2 is 1.74 bits per heavy atom. The fourth-order valence-corrected chi connectivity index (χ4v) is 8.20. The Balaban J connectivity index is 1.61. The van der Waals surface area contributed by atoms with Crippen molar-refractivity contribution in [3.8, 4) is 17.2 Å². The minimum absolute atomic E-state index is 0.0502. The summed E-state index contributed by atoms with van der Waals surface area (Å²) in [5, 5.41) is 10.7. The first-order chi connectivity index (χ1) is 18.5. The zero-order valence-electron chi connectivity index (χ0n) is 22.2. The molecule has 2 aromatic rings. The van der Waals surface area contributed by atoms with E-state index in [2.05, 4.69) is 0 Å². The van der Waals surface area contributed by atoms with Gasteiger partial charge in [-0.2, -0.15) is 4.31 Å². The van der Waals surface area contributed by atoms with Crippen molar-refractivity contribution in [2.75, 3.05) is 33.9 Å². The molecule has 0 spiro atoms. The molecule has 4 atom stereocenters. The molecule has 2 aromatic carbocycles. The van der Waals surface area contributed by atoms with Crippen molar-refractivity contribution >= 4 is 39.1 Å². The molecule has 9 nitrogen and oxygen atoms in total. The summed E-state index contributed by atoms with van der Waals surface area (Å²) >= 11 is 12.3. The quantitative estimate of drug-likeness (QED) is 0.435. The summed E-state index contributed by atoms with van der Waals surface area (Å²) < 4.78 is 45.8. The standard InChI is InChI=1S/C27H34Cl2N2O7S/c1-17(32)11-18-16-30(9-10-38-21-7-8-25(36-2)26(15-21)37-3)27(33)24-6-4-5-23(18)31(24)39(34,35)22-13-19(28)12-20(29)14-22/h7-8,12-15,17-18,23-24,32H,4-6,9-11,16H2,1-3H3/t17-,18+,23+,24?/m1/s1. The van der Waals surface area contributed by atoms with Crippen LogP contribution in [0.3, 0.4) is 0 Å². The van der Waals surface area contributed by atoms with E-state index in [9.17, 15) is 18.3 Å². The van der Waals surface area contributed by atoms with Crippen molar-refractivity contribution in [1.29, 1.82) is 0 Å². The van der Waals surface area contributed by atoms with E-state index in [1.165, 1.54) is 29.6 Å². The van der Waals surface area contributed by atoms with Crippen LogP contribution in [-0.4, -0.2) is 80.7 Å². The van der Waals surface area contributed by atoms with Crippen LogP contribution in [0.15, 0.2) is 41.3 Å². The van der Waals surface area contributed by atoms with E-state index in [0.717, 1.165) is 0 Å². The van der Waals surface area contributed by atoms with Gasteiger partial charge in [-0.3, -0.25) is 4.79 Å². The Bertz CT molecular complexity index is 1270. The zero-order chi connectivity index (χ0) is 28.3. The van der Waals surface area contributed by atoms with Crippen molar-refractivity contribution < 1.29 is 32.5 Å². The SMILES string of the molecule is COc1ccc(OCCN2C[C@H](C[C@@H](C)O)[C@@H]3CCCC(C2=O)N3S(=O)(=O)c2cc(Cl)cc(Cl)c2)cc1OC. The Labute approximate surface area is 239 Å². The van der Waals surface area contributed by atoms with Gasteiger partial charge in [0, 0.05) is 28.7 Å². The number of carbonyl (C=O) groups excluding carboxylic acids is 1. The number of methoxy groups -OCH3 is 2. The highest BCUT2D eigenvalue weighted by Gasteiger charge is 2.50. The minimum Gasteiger partial charge on any atom is -0.493 e. The first-order valence-corrected chi connectivity index (χ1v) is 15.1. The zero-order valence-corrected chi connectivity index (χ0v) is 24.5. The second-order valence-electron chi connectivity index (χ2n) is 9.95. The number of aliphatic hydroxyl groups excluding tert-OH is 1. The lowest BCUT2D eigenvalue weighted by Gasteiger charge is -2.41. The third-order valence-corrected chi connectivity index (χ3v) is 9.60. The van der Waals surface area contributed by atoms with Gasteiger partial charge in [-0.05, 0) is 68.9 Å². The topological polar surface area (TPSA) is 106 Å². The highest BCUT2D eigenvalue weighted by molar-refractivity contribution is 7.89. The molecule has 2 aliphatic rings. The molecule has 2 heterocycles. The average Bonchev–Trinajstić information content (AvgIpc) is 2.95. The number of rotatable bonds is 10. The number of benzene rings is 2. The van der Waals surface area contributed by atoms with E-state index in [1.807, 2.05) is 0 Å². The molecule has 0 saturated carbocycles. The van der Waals surface area contributed by atoms with Crippen LogP contribution in [0, 0.1) is 5.92 Å². The summed E-state index contributed by atoms with van der Waals surface area (Å²) in [4.78, 5) is 15.5. The lowest BCUT2D eigenvalue weighted by atomic mass is 9.87. The van der Waals surface area contributed by atoms with Crippen molar-refractivity contribution in [1.82, 2.24) is 9.21 Å². The fourth-order valence-electron chi connectivity index (χ4n) is 5.58. The summed E-state index contributed by atoms with van der Waals surface area (Å²) in [6.07, 6.45) is 1.37. The van der Waals surface area contributed by atoms with Crippen molar-refractivity contribution in [2.24, 2.45) is 5.92 Å². The molecule has 1 amide bonds. The van der Waals surface area contributed by atoms with Crippen LogP contribution in [0.1, 0.15) is 32.6 Å². The van der Waals surface area contributed by atoms with E-state index in [1.54, 1.807) is 37.1 Å². The number of nitrogens with zero attached hydrogens (tertiary/aromatic N) is 2. The molecule has 4 rings (SSSR count). The highest BCUT2D eigenvalue weighted by atomic mass is 35.5. The second kappa shape index (κ2) is 12.5. The summed E-state index contributed by atoms with van der Waals surface area (Å²) in [6, 6.07) is 8.03. The van der Waals surface area contributed by atoms with Crippen LogP contribution in [0.25, 0.3) is 0 Å². The predicted molar refractivity (Wildman–Crippen MR) is 148 cm³/mol. The summed E-state index contributed by atoms with van der Waals surface area (Å²) in [6.45, 7) is 2.43. The number of sulfonamides is 1. The smallest absolute Gasteiger partial charge is 0.244 e. The van der Waals surface area contributed by atoms with Crippen LogP contribution in [-0.2, 0) is 14.8 Å². The number of ether oxygens (including phenoxy) is 3. The molecular formula is C27H34Cl2N2O7S. The van der Waals surface area contributed by atoms with Crippen LogP contribution in [0.4, 0.5) is 0 Å². The van der Waals surface area contributed by atoms with Gasteiger partial charge in [0.15, 0.2) is 11.5 Å². The largest absolute Gasteiger partial charge is 0.493 e. The van der Waals surface area contributed by atoms with Gasteiger partial charge in [0.05, 0.1) is 31.8 Å². The maximum atomic E-state index is 14.0. The first-order valence-electron chi connectivity index (χ1n) is 12.9. The maximum Gasteiger partial charge on any atom is 0.244 e. The van der Waals surface area contributed by atoms with Crippen LogP contribution >= 0.6 is 23.2 Å². The lowest BCUT2D eigenvalue weighted by Crippen LogP contribution is -2.55. The molecule has 2 saturated heterocycles. The molecular weight excluding hydrogens is 567 g/mol. The van der Waals surface area contributed by atoms with Crippen molar-refractivity contribution in [3.63, 3.8) is 0 Å². The molecule has 0 aromatic heterocycles. The first kappa shape index (κ1) is 29.7. The third-order valence-electron chi connectivity index (χ3n) is 7.25. The molecule has 39 heavy (non-hydrogen) atoms. The Morgan fingerprint density at radius 3 is 2.38 bits per heavy atom. The summed E-state index contributed by atoms with van der Waals surface area (Å²) in [7, 11) is -1.03. The van der Waals surface area contributed by atoms with E-state index < -0.39 is 28.2 Å². The third kappa shape index (κ3) is 6.57. The van der Waals surface area contributed by atoms with Crippen LogP contribution < -0.4 is 14.2 Å². The Kier molecular flexibility index (Phi) is 9.54. The normalized spacial score (nSPS) is 22.8. The van der Waals surface area contributed by atoms with Gasteiger partial charge >= 0.3 is 0 Å². The van der Waals surface area contributed by atoms with Crippen LogP contribution in [0.2, 0.25) is 10.0 Å². The second-order valence-corrected chi connectivity index (χ2v) is 12.7. The van der Waals surface area contributed by atoms with Crippen LogP contribution in [0.5, 0.6) is 17.2 Å². The van der Waals surface area contributed by atoms with Gasteiger partial charge in [0.25, 0.3) is 0 Å². The minimum atomic E-state index is -4.11. The highest BCUT2D eigenvalue weighted by Crippen LogP contribution is 2.39. The Morgan fingerprint density at radius 1 is 1.05 bits per heavy atom. The number of carbonyl (C=O) groups is 1. The molecule has 12 heteroatoms. The monoisotopic (exact) mass is 600 g/mol. The molecule has 2 fully saturated rings. The van der Waals surface area contributed by atoms with E-state index in [-0.39, 0.29) is 39.9 Å². The average molecular weight is 602 g/mol. The van der Waals surface area contributed by atoms with Crippen molar-refractivity contribution in [3.05, 3.63) is 46.4 Å². The number of aliphatic hydroxyl groups is 1. The molecule has 1 unspecified atom stereocenters. The van der Waals surface area contributed by atoms with Gasteiger partial charge in [0.1, 0.15) is 18.4 Å². The number of piperidine rings is 1. The number of hydrogen-bond donors (Lipinski definition) is 1. The Hall–Kier alpha value is -2.24. The molecule has 0 radical (unpaired) electrons. The van der Waals surface area contributed by atoms with Gasteiger partial charge < -0.3 is 24.2 Å². The lowest BCUT2D eigenvalue weighted by molar-refractivity contribution is -0.135. The maximum absolute atomic E-state index is 14.0. The summed E-state index contributed by atoms with van der Waals surface area (Å²) in [5.41, 5.74) is 0. The fraction of sp³-hybridized carbons (Fsp3) is 0.519. The van der Waals surface area contributed by atoms with E-state index >= 15 is 0 Å². The predicted octanol–water partition coefficient (Wildman–Crippen LogP) is 4.23.